The molecule has 3 aromatic rings. The van der Waals surface area contributed by atoms with Crippen LogP contribution in [0.2, 0.25) is 0 Å². The molecule has 0 radical (unpaired) electrons. The quantitative estimate of drug-likeness (QED) is 0.141. The number of Topliss-reactive ketones (excluding diaryl/α,β-unsaturated/α-hetero) is 1. The molecule has 4 rings (SSSR count). The SMILES string of the molecule is CCCCCOc1ccc(C2C(C(=O)c3ccc(C)o3)=C(O)C(=O)N2c2nc(C)c(C(=O)OCC)s2)cc1OCC. The Morgan fingerprint density at radius 2 is 1.83 bits per heavy atom. The molecule has 1 N–H and O–H groups in total. The summed E-state index contributed by atoms with van der Waals surface area (Å²) < 4.78 is 22.5. The van der Waals surface area contributed by atoms with Crippen molar-refractivity contribution < 1.29 is 38.1 Å². The van der Waals surface area contributed by atoms with Gasteiger partial charge in [-0.1, -0.05) is 37.2 Å². The van der Waals surface area contributed by atoms with Gasteiger partial charge < -0.3 is 23.7 Å². The molecule has 0 fully saturated rings. The molecule has 1 aromatic carbocycles. The molecular weight excluding hydrogens is 548 g/mol. The highest BCUT2D eigenvalue weighted by molar-refractivity contribution is 7.17. The number of ketones is 1. The van der Waals surface area contributed by atoms with E-state index in [-0.39, 0.29) is 27.9 Å². The molecule has 10 nitrogen and oxygen atoms in total. The highest BCUT2D eigenvalue weighted by Crippen LogP contribution is 2.45. The van der Waals surface area contributed by atoms with Gasteiger partial charge in [-0.25, -0.2) is 9.78 Å². The number of carbonyl (C=O) groups is 3. The van der Waals surface area contributed by atoms with Gasteiger partial charge in [0, 0.05) is 0 Å². The standard InChI is InChI=1S/C30H34N2O8S/c1-6-9-10-15-39-20-14-12-19(16-22(20)37-7-2)24-23(25(33)21-13-11-17(4)40-21)26(34)28(35)32(24)30-31-18(5)27(41-30)29(36)38-8-3/h11-14,16,24,34H,6-10,15H2,1-5H3. The first-order valence-corrected chi connectivity index (χ1v) is 14.4. The van der Waals surface area contributed by atoms with Crippen LogP contribution < -0.4 is 14.4 Å². The molecule has 0 saturated heterocycles. The van der Waals surface area contributed by atoms with Crippen molar-refractivity contribution in [2.45, 2.75) is 59.9 Å². The number of furan rings is 1. The third-order valence-corrected chi connectivity index (χ3v) is 7.59. The van der Waals surface area contributed by atoms with Crippen molar-refractivity contribution in [1.29, 1.82) is 0 Å². The maximum atomic E-state index is 13.7. The van der Waals surface area contributed by atoms with Gasteiger partial charge in [-0.3, -0.25) is 14.5 Å². The lowest BCUT2D eigenvalue weighted by atomic mass is 9.95. The number of ether oxygens (including phenoxy) is 3. The van der Waals surface area contributed by atoms with Gasteiger partial charge in [-0.15, -0.1) is 0 Å². The van der Waals surface area contributed by atoms with Gasteiger partial charge in [0.15, 0.2) is 28.1 Å². The van der Waals surface area contributed by atoms with Crippen LogP contribution in [0.3, 0.4) is 0 Å². The predicted octanol–water partition coefficient (Wildman–Crippen LogP) is 6.28. The molecule has 1 aliphatic rings. The second-order valence-corrected chi connectivity index (χ2v) is 10.4. The van der Waals surface area contributed by atoms with Gasteiger partial charge in [0.1, 0.15) is 10.6 Å². The average molecular weight is 583 g/mol. The fourth-order valence-corrected chi connectivity index (χ4v) is 5.51. The summed E-state index contributed by atoms with van der Waals surface area (Å²) >= 11 is 0.947. The van der Waals surface area contributed by atoms with E-state index in [9.17, 15) is 19.5 Å². The minimum Gasteiger partial charge on any atom is -0.503 e. The Labute approximate surface area is 242 Å². The molecule has 2 aromatic heterocycles. The van der Waals surface area contributed by atoms with Crippen LogP contribution in [0.15, 0.2) is 46.1 Å². The number of hydrogen-bond donors (Lipinski definition) is 1. The Morgan fingerprint density at radius 1 is 1.05 bits per heavy atom. The van der Waals surface area contributed by atoms with Gasteiger partial charge in [-0.2, -0.15) is 0 Å². The number of benzene rings is 1. The molecular formula is C30H34N2O8S. The summed E-state index contributed by atoms with van der Waals surface area (Å²) in [6.07, 6.45) is 2.98. The molecule has 0 bridgehead atoms. The number of nitrogens with zero attached hydrogens (tertiary/aromatic N) is 2. The fourth-order valence-electron chi connectivity index (χ4n) is 4.53. The van der Waals surface area contributed by atoms with Crippen molar-refractivity contribution in [3.8, 4) is 11.5 Å². The van der Waals surface area contributed by atoms with Gasteiger partial charge in [0.25, 0.3) is 5.91 Å². The Balaban J connectivity index is 1.82. The van der Waals surface area contributed by atoms with E-state index in [1.54, 1.807) is 45.0 Å². The largest absolute Gasteiger partial charge is 0.503 e. The van der Waals surface area contributed by atoms with Crippen LogP contribution in [0.5, 0.6) is 11.5 Å². The zero-order chi connectivity index (χ0) is 29.7. The average Bonchev–Trinajstić information content (AvgIpc) is 3.63. The number of aryl methyl sites for hydroxylation is 2. The lowest BCUT2D eigenvalue weighted by Gasteiger charge is -2.25. The molecule has 1 aliphatic heterocycles. The molecule has 0 aliphatic carbocycles. The number of amides is 1. The van der Waals surface area contributed by atoms with Gasteiger partial charge in [0.05, 0.1) is 37.1 Å². The van der Waals surface area contributed by atoms with Crippen LogP contribution in [0.4, 0.5) is 5.13 Å². The van der Waals surface area contributed by atoms with Crippen LogP contribution in [-0.4, -0.2) is 47.6 Å². The molecule has 1 atom stereocenters. The number of thiazole rings is 1. The van der Waals surface area contributed by atoms with E-state index in [1.165, 1.54) is 11.0 Å². The van der Waals surface area contributed by atoms with Crippen LogP contribution in [0, 0.1) is 13.8 Å². The molecule has 3 heterocycles. The second-order valence-electron chi connectivity index (χ2n) is 9.41. The summed E-state index contributed by atoms with van der Waals surface area (Å²) in [5, 5.41) is 11.2. The monoisotopic (exact) mass is 582 g/mol. The van der Waals surface area contributed by atoms with E-state index < -0.39 is 29.5 Å². The Kier molecular flexibility index (Phi) is 9.49. The number of unbranched alkanes of at least 4 members (excludes halogenated alkanes) is 2. The summed E-state index contributed by atoms with van der Waals surface area (Å²) in [5.41, 5.74) is 0.666. The zero-order valence-corrected chi connectivity index (χ0v) is 24.6. The minimum absolute atomic E-state index is 0.0212. The highest BCUT2D eigenvalue weighted by atomic mass is 32.1. The van der Waals surface area contributed by atoms with Crippen LogP contribution in [-0.2, 0) is 9.53 Å². The lowest BCUT2D eigenvalue weighted by Crippen LogP contribution is -2.31. The number of hydrogen-bond acceptors (Lipinski definition) is 10. The van der Waals surface area contributed by atoms with Crippen molar-refractivity contribution >= 4 is 34.1 Å². The molecule has 0 spiro atoms. The maximum Gasteiger partial charge on any atom is 0.350 e. The van der Waals surface area contributed by atoms with Crippen LogP contribution in [0.25, 0.3) is 0 Å². The number of rotatable bonds is 13. The van der Waals surface area contributed by atoms with Crippen molar-refractivity contribution in [3.63, 3.8) is 0 Å². The topological polar surface area (TPSA) is 128 Å². The lowest BCUT2D eigenvalue weighted by molar-refractivity contribution is -0.117. The Morgan fingerprint density at radius 3 is 2.49 bits per heavy atom. The number of aliphatic hydroxyl groups is 1. The summed E-state index contributed by atoms with van der Waals surface area (Å²) in [7, 11) is 0. The van der Waals surface area contributed by atoms with Gasteiger partial charge in [-0.05, 0) is 63.9 Å². The molecule has 0 saturated carbocycles. The van der Waals surface area contributed by atoms with Crippen molar-refractivity contribution in [2.75, 3.05) is 24.7 Å². The van der Waals surface area contributed by atoms with E-state index in [0.717, 1.165) is 30.6 Å². The second kappa shape index (κ2) is 13.0. The highest BCUT2D eigenvalue weighted by Gasteiger charge is 2.47. The van der Waals surface area contributed by atoms with Gasteiger partial charge in [0.2, 0.25) is 5.78 Å². The third-order valence-electron chi connectivity index (χ3n) is 6.46. The molecule has 11 heteroatoms. The summed E-state index contributed by atoms with van der Waals surface area (Å²) in [5.74, 6) is -1.33. The molecule has 1 unspecified atom stereocenters. The number of carbonyl (C=O) groups excluding carboxylic acids is 3. The smallest absolute Gasteiger partial charge is 0.350 e. The predicted molar refractivity (Wildman–Crippen MR) is 153 cm³/mol. The summed E-state index contributed by atoms with van der Waals surface area (Å²) in [4.78, 5) is 45.7. The maximum absolute atomic E-state index is 13.7. The minimum atomic E-state index is -1.09. The van der Waals surface area contributed by atoms with Crippen molar-refractivity contribution in [3.05, 3.63) is 69.3 Å². The number of esters is 1. The fraction of sp³-hybridized carbons (Fsp3) is 0.400. The van der Waals surface area contributed by atoms with E-state index in [2.05, 4.69) is 11.9 Å². The molecule has 218 valence electrons. The first kappa shape index (κ1) is 29.9. The third kappa shape index (κ3) is 6.14. The van der Waals surface area contributed by atoms with Crippen LogP contribution in [0.1, 0.15) is 83.3 Å². The van der Waals surface area contributed by atoms with Gasteiger partial charge >= 0.3 is 5.97 Å². The van der Waals surface area contributed by atoms with E-state index in [1.807, 2.05) is 6.92 Å². The molecule has 41 heavy (non-hydrogen) atoms. The van der Waals surface area contributed by atoms with Crippen molar-refractivity contribution in [2.24, 2.45) is 0 Å². The first-order valence-electron chi connectivity index (χ1n) is 13.6. The van der Waals surface area contributed by atoms with E-state index in [4.69, 9.17) is 18.6 Å². The zero-order valence-electron chi connectivity index (χ0n) is 23.8. The van der Waals surface area contributed by atoms with E-state index >= 15 is 0 Å². The summed E-state index contributed by atoms with van der Waals surface area (Å²) in [6, 6.07) is 7.16. The number of aromatic nitrogens is 1. The van der Waals surface area contributed by atoms with Crippen LogP contribution >= 0.6 is 11.3 Å². The summed E-state index contributed by atoms with van der Waals surface area (Å²) in [6.45, 7) is 10.0. The number of anilines is 1. The number of aliphatic hydroxyl groups excluding tert-OH is 1. The Bertz CT molecular complexity index is 1470. The first-order chi connectivity index (χ1) is 19.7. The van der Waals surface area contributed by atoms with Crippen molar-refractivity contribution in [1.82, 2.24) is 4.98 Å². The Hall–Kier alpha value is -4.12. The van der Waals surface area contributed by atoms with E-state index in [0.29, 0.717) is 41.7 Å². The normalized spacial score (nSPS) is 15.0. The molecule has 1 amide bonds.